The van der Waals surface area contributed by atoms with Crippen molar-refractivity contribution in [2.24, 2.45) is 0 Å². The number of para-hydroxylation sites is 1. The lowest BCUT2D eigenvalue weighted by Gasteiger charge is -2.00. The van der Waals surface area contributed by atoms with Crippen LogP contribution in [0.25, 0.3) is 11.0 Å². The first kappa shape index (κ1) is 9.59. The second-order valence-corrected chi connectivity index (χ2v) is 3.40. The number of nitrogens with one attached hydrogen (secondary N) is 1. The minimum Gasteiger partial charge on any atom is -0.449 e. The summed E-state index contributed by atoms with van der Waals surface area (Å²) in [6.45, 7) is 0. The van der Waals surface area contributed by atoms with Crippen LogP contribution in [-0.4, -0.2) is 21.0 Å². The molecule has 0 aliphatic rings. The van der Waals surface area contributed by atoms with Gasteiger partial charge in [-0.1, -0.05) is 17.3 Å². The van der Waals surface area contributed by atoms with E-state index in [1.807, 2.05) is 12.1 Å². The van der Waals surface area contributed by atoms with Crippen molar-refractivity contribution in [3.8, 4) is 0 Å². The van der Waals surface area contributed by atoms with Gasteiger partial charge in [-0.3, -0.25) is 5.32 Å². The van der Waals surface area contributed by atoms with E-state index in [2.05, 4.69) is 15.6 Å². The third-order valence-corrected chi connectivity index (χ3v) is 2.30. The van der Waals surface area contributed by atoms with Crippen molar-refractivity contribution in [1.82, 2.24) is 15.0 Å². The second-order valence-electron chi connectivity index (χ2n) is 3.40. The monoisotopic (exact) mass is 228 g/mol. The van der Waals surface area contributed by atoms with Gasteiger partial charge in [0.25, 0.3) is 0 Å². The van der Waals surface area contributed by atoms with Gasteiger partial charge in [0.05, 0.1) is 11.8 Å². The molecule has 6 nitrogen and oxygen atoms in total. The van der Waals surface area contributed by atoms with Gasteiger partial charge in [-0.25, -0.2) is 4.79 Å². The lowest BCUT2D eigenvalue weighted by molar-refractivity contribution is 0.250. The van der Waals surface area contributed by atoms with Crippen LogP contribution in [0, 0.1) is 0 Å². The Kier molecular flexibility index (Phi) is 2.11. The molecular formula is C11H8N4O2. The summed E-state index contributed by atoms with van der Waals surface area (Å²) < 4.78 is 6.21. The Morgan fingerprint density at radius 3 is 2.94 bits per heavy atom. The molecule has 0 aliphatic heterocycles. The number of carbonyl (C=O) groups is 1. The molecule has 84 valence electrons. The normalized spacial score (nSPS) is 10.6. The number of hydrogen-bond acceptors (Lipinski definition) is 4. The van der Waals surface area contributed by atoms with Crippen LogP contribution in [0.4, 0.5) is 10.7 Å². The minimum absolute atomic E-state index is 0.370. The van der Waals surface area contributed by atoms with E-state index in [1.54, 1.807) is 24.3 Å². The third-order valence-electron chi connectivity index (χ3n) is 2.30. The van der Waals surface area contributed by atoms with Crippen molar-refractivity contribution in [2.45, 2.75) is 0 Å². The molecule has 0 bridgehead atoms. The number of hydrogen-bond donors (Lipinski definition) is 1. The summed E-state index contributed by atoms with van der Waals surface area (Å²) in [7, 11) is 0. The van der Waals surface area contributed by atoms with Gasteiger partial charge < -0.3 is 4.42 Å². The first-order chi connectivity index (χ1) is 8.34. The van der Waals surface area contributed by atoms with Crippen molar-refractivity contribution >= 4 is 22.9 Å². The highest BCUT2D eigenvalue weighted by molar-refractivity contribution is 5.95. The van der Waals surface area contributed by atoms with E-state index in [-0.39, 0.29) is 0 Å². The molecule has 6 heteroatoms. The van der Waals surface area contributed by atoms with Crippen LogP contribution >= 0.6 is 0 Å². The number of carbonyl (C=O) groups excluding carboxylic acids is 1. The molecule has 3 aromatic rings. The molecule has 0 saturated heterocycles. The van der Waals surface area contributed by atoms with E-state index in [4.69, 9.17) is 4.42 Å². The Balaban J connectivity index is 1.96. The summed E-state index contributed by atoms with van der Waals surface area (Å²) in [5, 5.41) is 10.3. The third kappa shape index (κ3) is 1.65. The van der Waals surface area contributed by atoms with E-state index < -0.39 is 6.03 Å². The molecule has 0 radical (unpaired) electrons. The summed E-state index contributed by atoms with van der Waals surface area (Å²) in [6.07, 6.45) is 1.48. The van der Waals surface area contributed by atoms with Crippen LogP contribution in [-0.2, 0) is 0 Å². The zero-order chi connectivity index (χ0) is 11.7. The van der Waals surface area contributed by atoms with Gasteiger partial charge in [0.15, 0.2) is 0 Å². The largest absolute Gasteiger partial charge is 0.449 e. The first-order valence-electron chi connectivity index (χ1n) is 5.00. The van der Waals surface area contributed by atoms with Crippen LogP contribution < -0.4 is 5.32 Å². The smallest absolute Gasteiger partial charge is 0.350 e. The molecule has 0 spiro atoms. The molecule has 0 fully saturated rings. The quantitative estimate of drug-likeness (QED) is 0.692. The number of aromatic nitrogens is 3. The van der Waals surface area contributed by atoms with Crippen molar-refractivity contribution in [2.75, 3.05) is 5.32 Å². The van der Waals surface area contributed by atoms with Gasteiger partial charge in [-0.2, -0.15) is 4.68 Å². The molecule has 0 unspecified atom stereocenters. The molecule has 3 rings (SSSR count). The Bertz CT molecular complexity index is 657. The van der Waals surface area contributed by atoms with Crippen molar-refractivity contribution in [3.05, 3.63) is 42.7 Å². The van der Waals surface area contributed by atoms with E-state index in [1.165, 1.54) is 10.9 Å². The number of rotatable bonds is 1. The predicted molar refractivity (Wildman–Crippen MR) is 60.7 cm³/mol. The predicted octanol–water partition coefficient (Wildman–Crippen LogP) is 2.10. The summed E-state index contributed by atoms with van der Waals surface area (Å²) in [5.74, 6) is 0.370. The number of anilines is 1. The summed E-state index contributed by atoms with van der Waals surface area (Å²) in [5.41, 5.74) is 1.32. The van der Waals surface area contributed by atoms with Gasteiger partial charge in [-0.15, -0.1) is 5.10 Å². The van der Waals surface area contributed by atoms with Crippen molar-refractivity contribution in [1.29, 1.82) is 0 Å². The highest BCUT2D eigenvalue weighted by Crippen LogP contribution is 2.11. The molecule has 2 heterocycles. The van der Waals surface area contributed by atoms with Crippen LogP contribution in [0.1, 0.15) is 0 Å². The molecule has 0 saturated carbocycles. The molecular weight excluding hydrogens is 220 g/mol. The lowest BCUT2D eigenvalue weighted by Crippen LogP contribution is -2.20. The van der Waals surface area contributed by atoms with Gasteiger partial charge in [0.2, 0.25) is 5.88 Å². The van der Waals surface area contributed by atoms with E-state index in [0.29, 0.717) is 16.9 Å². The standard InChI is InChI=1S/C11H8N4O2/c16-11(12-10-6-3-7-17-10)15-9-5-2-1-4-8(9)13-14-15/h1-7H,(H,12,16). The molecule has 2 aromatic heterocycles. The Labute approximate surface area is 95.8 Å². The molecule has 1 amide bonds. The van der Waals surface area contributed by atoms with Gasteiger partial charge in [-0.05, 0) is 18.2 Å². The van der Waals surface area contributed by atoms with E-state index in [9.17, 15) is 4.79 Å². The second kappa shape index (κ2) is 3.75. The first-order valence-corrected chi connectivity index (χ1v) is 5.00. The number of amides is 1. The Morgan fingerprint density at radius 2 is 2.12 bits per heavy atom. The molecule has 0 aliphatic carbocycles. The highest BCUT2D eigenvalue weighted by Gasteiger charge is 2.12. The van der Waals surface area contributed by atoms with Crippen molar-refractivity contribution in [3.63, 3.8) is 0 Å². The van der Waals surface area contributed by atoms with Crippen LogP contribution in [0.15, 0.2) is 47.1 Å². The fourth-order valence-corrected chi connectivity index (χ4v) is 1.53. The van der Waals surface area contributed by atoms with Crippen LogP contribution in [0.5, 0.6) is 0 Å². The number of fused-ring (bicyclic) bond motifs is 1. The number of benzene rings is 1. The molecule has 0 atom stereocenters. The maximum absolute atomic E-state index is 11.9. The fourth-order valence-electron chi connectivity index (χ4n) is 1.53. The fraction of sp³-hybridized carbons (Fsp3) is 0. The number of nitrogens with zero attached hydrogens (tertiary/aromatic N) is 3. The zero-order valence-corrected chi connectivity index (χ0v) is 8.70. The molecule has 1 aromatic carbocycles. The average molecular weight is 228 g/mol. The average Bonchev–Trinajstić information content (AvgIpc) is 2.96. The van der Waals surface area contributed by atoms with Gasteiger partial charge in [0.1, 0.15) is 5.52 Å². The number of furan rings is 1. The topological polar surface area (TPSA) is 73.0 Å². The maximum atomic E-state index is 11.9. The zero-order valence-electron chi connectivity index (χ0n) is 8.70. The lowest BCUT2D eigenvalue weighted by atomic mass is 10.3. The van der Waals surface area contributed by atoms with Gasteiger partial charge >= 0.3 is 6.03 Å². The Hall–Kier alpha value is -2.63. The van der Waals surface area contributed by atoms with Crippen LogP contribution in [0.3, 0.4) is 0 Å². The Morgan fingerprint density at radius 1 is 1.24 bits per heavy atom. The SMILES string of the molecule is O=C(Nc1ccco1)n1nnc2ccccc21. The van der Waals surface area contributed by atoms with Gasteiger partial charge in [0, 0.05) is 6.07 Å². The highest BCUT2D eigenvalue weighted by atomic mass is 16.3. The van der Waals surface area contributed by atoms with Crippen molar-refractivity contribution < 1.29 is 9.21 Å². The minimum atomic E-state index is -0.409. The van der Waals surface area contributed by atoms with Crippen LogP contribution in [0.2, 0.25) is 0 Å². The maximum Gasteiger partial charge on any atom is 0.350 e. The van der Waals surface area contributed by atoms with E-state index in [0.717, 1.165) is 0 Å². The van der Waals surface area contributed by atoms with E-state index >= 15 is 0 Å². The summed E-state index contributed by atoms with van der Waals surface area (Å²) in [6, 6.07) is 10.2. The molecule has 17 heavy (non-hydrogen) atoms. The molecule has 1 N–H and O–H groups in total. The summed E-state index contributed by atoms with van der Waals surface area (Å²) in [4.78, 5) is 11.9. The summed E-state index contributed by atoms with van der Waals surface area (Å²) >= 11 is 0.